The maximum atomic E-state index is 4.25. The van der Waals surface area contributed by atoms with E-state index in [1.807, 2.05) is 18.7 Å². The maximum Gasteiger partial charge on any atom is 0.0597 e. The normalized spacial score (nSPS) is 11.0. The smallest absolute Gasteiger partial charge is 0.0597 e. The van der Waals surface area contributed by atoms with E-state index >= 15 is 0 Å². The Balaban J connectivity index is 2.77. The first-order chi connectivity index (χ1) is 5.09. The number of aromatic nitrogens is 2. The van der Waals surface area contributed by atoms with Crippen LogP contribution < -0.4 is 0 Å². The molecule has 0 bridgehead atoms. The Bertz CT molecular complexity index is 237. The van der Waals surface area contributed by atoms with Crippen LogP contribution >= 0.6 is 0 Å². The largest absolute Gasteiger partial charge is 0.304 e. The molecule has 0 aliphatic rings. The van der Waals surface area contributed by atoms with Crippen LogP contribution in [0.1, 0.15) is 11.4 Å². The van der Waals surface area contributed by atoms with Crippen molar-refractivity contribution < 1.29 is 0 Å². The number of rotatable bonds is 2. The molecule has 0 fully saturated rings. The molecule has 0 amide bonds. The summed E-state index contributed by atoms with van der Waals surface area (Å²) in [5, 5.41) is 4.25. The van der Waals surface area contributed by atoms with Gasteiger partial charge in [-0.1, -0.05) is 0 Å². The summed E-state index contributed by atoms with van der Waals surface area (Å²) in [7, 11) is 6.09. The molecule has 62 valence electrons. The molecule has 0 aliphatic carbocycles. The minimum Gasteiger partial charge on any atom is -0.304 e. The lowest BCUT2D eigenvalue weighted by atomic mass is 10.3. The molecule has 11 heavy (non-hydrogen) atoms. The van der Waals surface area contributed by atoms with Gasteiger partial charge in [-0.05, 0) is 27.1 Å². The molecule has 1 aromatic rings. The van der Waals surface area contributed by atoms with Gasteiger partial charge in [0.25, 0.3) is 0 Å². The van der Waals surface area contributed by atoms with Crippen molar-refractivity contribution >= 4 is 0 Å². The van der Waals surface area contributed by atoms with Gasteiger partial charge in [-0.15, -0.1) is 0 Å². The van der Waals surface area contributed by atoms with E-state index in [1.165, 1.54) is 5.69 Å². The summed E-state index contributed by atoms with van der Waals surface area (Å²) in [5.41, 5.74) is 2.34. The van der Waals surface area contributed by atoms with E-state index in [9.17, 15) is 0 Å². The molecule has 0 spiro atoms. The molecule has 0 saturated heterocycles. The standard InChI is InChI=1S/C8H15N3/c1-7-5-8(6-10(2)3)11(4)9-7/h5H,6H2,1-4H3. The first-order valence-corrected chi connectivity index (χ1v) is 3.74. The highest BCUT2D eigenvalue weighted by molar-refractivity contribution is 5.07. The molecular formula is C8H15N3. The third kappa shape index (κ3) is 2.05. The first kappa shape index (κ1) is 8.27. The Morgan fingerprint density at radius 1 is 1.55 bits per heavy atom. The second-order valence-corrected chi connectivity index (χ2v) is 3.14. The van der Waals surface area contributed by atoms with Crippen molar-refractivity contribution in [1.82, 2.24) is 14.7 Å². The fourth-order valence-corrected chi connectivity index (χ4v) is 1.14. The van der Waals surface area contributed by atoms with Crippen LogP contribution in [0, 0.1) is 6.92 Å². The molecule has 3 nitrogen and oxygen atoms in total. The quantitative estimate of drug-likeness (QED) is 0.626. The average molecular weight is 153 g/mol. The number of aryl methyl sites for hydroxylation is 2. The summed E-state index contributed by atoms with van der Waals surface area (Å²) in [5.74, 6) is 0. The SMILES string of the molecule is Cc1cc(CN(C)C)n(C)n1. The van der Waals surface area contributed by atoms with Crippen molar-refractivity contribution in [3.8, 4) is 0 Å². The van der Waals surface area contributed by atoms with Gasteiger partial charge in [0.1, 0.15) is 0 Å². The molecule has 1 heterocycles. The molecular weight excluding hydrogens is 138 g/mol. The molecule has 1 aromatic heterocycles. The second-order valence-electron chi connectivity index (χ2n) is 3.14. The van der Waals surface area contributed by atoms with E-state index in [1.54, 1.807) is 0 Å². The fourth-order valence-electron chi connectivity index (χ4n) is 1.14. The van der Waals surface area contributed by atoms with Crippen LogP contribution in [-0.4, -0.2) is 28.8 Å². The Morgan fingerprint density at radius 2 is 2.18 bits per heavy atom. The van der Waals surface area contributed by atoms with Gasteiger partial charge in [-0.3, -0.25) is 4.68 Å². The summed E-state index contributed by atoms with van der Waals surface area (Å²) in [6.45, 7) is 2.97. The van der Waals surface area contributed by atoms with Crippen molar-refractivity contribution in [2.24, 2.45) is 7.05 Å². The highest BCUT2D eigenvalue weighted by atomic mass is 15.3. The summed E-state index contributed by atoms with van der Waals surface area (Å²) in [6, 6.07) is 2.11. The zero-order valence-electron chi connectivity index (χ0n) is 7.63. The van der Waals surface area contributed by atoms with E-state index in [-0.39, 0.29) is 0 Å². The zero-order valence-corrected chi connectivity index (χ0v) is 7.63. The van der Waals surface area contributed by atoms with Gasteiger partial charge >= 0.3 is 0 Å². The fraction of sp³-hybridized carbons (Fsp3) is 0.625. The lowest BCUT2D eigenvalue weighted by Gasteiger charge is -2.08. The molecule has 0 saturated carbocycles. The van der Waals surface area contributed by atoms with E-state index in [0.717, 1.165) is 12.2 Å². The Labute approximate surface area is 67.6 Å². The van der Waals surface area contributed by atoms with Crippen molar-refractivity contribution in [3.63, 3.8) is 0 Å². The molecule has 0 aliphatic heterocycles. The molecule has 1 rings (SSSR count). The highest BCUT2D eigenvalue weighted by Crippen LogP contribution is 2.02. The monoisotopic (exact) mass is 153 g/mol. The predicted octanol–water partition coefficient (Wildman–Crippen LogP) is 0.790. The minimum absolute atomic E-state index is 0.956. The van der Waals surface area contributed by atoms with Crippen LogP contribution in [0.4, 0.5) is 0 Å². The third-order valence-corrected chi connectivity index (χ3v) is 1.58. The topological polar surface area (TPSA) is 21.1 Å². The van der Waals surface area contributed by atoms with Gasteiger partial charge in [-0.2, -0.15) is 5.10 Å². The van der Waals surface area contributed by atoms with Gasteiger partial charge in [-0.25, -0.2) is 0 Å². The predicted molar refractivity (Wildman–Crippen MR) is 45.3 cm³/mol. The number of nitrogens with zero attached hydrogens (tertiary/aromatic N) is 3. The van der Waals surface area contributed by atoms with Crippen LogP contribution in [0.15, 0.2) is 6.07 Å². The minimum atomic E-state index is 0.956. The van der Waals surface area contributed by atoms with Gasteiger partial charge < -0.3 is 4.90 Å². The second kappa shape index (κ2) is 3.05. The summed E-state index contributed by atoms with van der Waals surface area (Å²) in [4.78, 5) is 2.14. The third-order valence-electron chi connectivity index (χ3n) is 1.58. The van der Waals surface area contributed by atoms with Gasteiger partial charge in [0, 0.05) is 13.6 Å². The van der Waals surface area contributed by atoms with Gasteiger partial charge in [0.15, 0.2) is 0 Å². The van der Waals surface area contributed by atoms with Crippen molar-refractivity contribution in [1.29, 1.82) is 0 Å². The van der Waals surface area contributed by atoms with Gasteiger partial charge in [0.2, 0.25) is 0 Å². The Kier molecular flexibility index (Phi) is 2.29. The summed E-state index contributed by atoms with van der Waals surface area (Å²) < 4.78 is 1.93. The highest BCUT2D eigenvalue weighted by Gasteiger charge is 2.01. The van der Waals surface area contributed by atoms with Crippen LogP contribution in [-0.2, 0) is 13.6 Å². The van der Waals surface area contributed by atoms with Crippen LogP contribution in [0.25, 0.3) is 0 Å². The first-order valence-electron chi connectivity index (χ1n) is 3.74. The molecule has 0 aromatic carbocycles. The summed E-state index contributed by atoms with van der Waals surface area (Å²) >= 11 is 0. The lowest BCUT2D eigenvalue weighted by molar-refractivity contribution is 0.387. The summed E-state index contributed by atoms with van der Waals surface area (Å²) in [6.07, 6.45) is 0. The number of hydrogen-bond acceptors (Lipinski definition) is 2. The van der Waals surface area contributed by atoms with Gasteiger partial charge in [0.05, 0.1) is 11.4 Å². The van der Waals surface area contributed by atoms with E-state index < -0.39 is 0 Å². The average Bonchev–Trinajstić information content (AvgIpc) is 2.09. The van der Waals surface area contributed by atoms with Crippen LogP contribution in [0.3, 0.4) is 0 Å². The van der Waals surface area contributed by atoms with Crippen molar-refractivity contribution in [2.75, 3.05) is 14.1 Å². The van der Waals surface area contributed by atoms with E-state index in [0.29, 0.717) is 0 Å². The van der Waals surface area contributed by atoms with E-state index in [2.05, 4.69) is 30.2 Å². The molecule has 0 unspecified atom stereocenters. The van der Waals surface area contributed by atoms with Crippen LogP contribution in [0.2, 0.25) is 0 Å². The van der Waals surface area contributed by atoms with Crippen LogP contribution in [0.5, 0.6) is 0 Å². The van der Waals surface area contributed by atoms with Crippen molar-refractivity contribution in [2.45, 2.75) is 13.5 Å². The lowest BCUT2D eigenvalue weighted by Crippen LogP contribution is -2.13. The maximum absolute atomic E-state index is 4.25. The number of hydrogen-bond donors (Lipinski definition) is 0. The van der Waals surface area contributed by atoms with E-state index in [4.69, 9.17) is 0 Å². The Hall–Kier alpha value is -0.830. The molecule has 0 radical (unpaired) electrons. The molecule has 3 heteroatoms. The molecule has 0 N–H and O–H groups in total. The Morgan fingerprint density at radius 3 is 2.55 bits per heavy atom. The zero-order chi connectivity index (χ0) is 8.43. The van der Waals surface area contributed by atoms with Crippen molar-refractivity contribution in [3.05, 3.63) is 17.5 Å². The molecule has 0 atom stereocenters.